The van der Waals surface area contributed by atoms with Crippen molar-refractivity contribution in [1.82, 2.24) is 30.0 Å². The number of aryl methyl sites for hydroxylation is 1. The van der Waals surface area contributed by atoms with Crippen LogP contribution in [0.15, 0.2) is 47.9 Å². The number of hydrogen-bond donors (Lipinski definition) is 2. The number of carbonyl (C=O) groups is 1. The van der Waals surface area contributed by atoms with Crippen LogP contribution in [-0.4, -0.2) is 43.3 Å². The van der Waals surface area contributed by atoms with Crippen molar-refractivity contribution in [2.75, 3.05) is 6.54 Å². The molecule has 0 spiro atoms. The lowest BCUT2D eigenvalue weighted by molar-refractivity contribution is 0.0916. The first-order valence-electron chi connectivity index (χ1n) is 8.62. The molecule has 1 amide bonds. The molecule has 1 aliphatic rings. The van der Waals surface area contributed by atoms with Gasteiger partial charge in [-0.15, -0.1) is 0 Å². The monoisotopic (exact) mass is 366 g/mol. The van der Waals surface area contributed by atoms with Crippen LogP contribution in [-0.2, 0) is 13.0 Å². The highest BCUT2D eigenvalue weighted by Crippen LogP contribution is 2.26. The molecule has 9 nitrogen and oxygen atoms in total. The summed E-state index contributed by atoms with van der Waals surface area (Å²) in [6.07, 6.45) is 5.77. The lowest BCUT2D eigenvalue weighted by atomic mass is 10.0. The van der Waals surface area contributed by atoms with Gasteiger partial charge in [-0.3, -0.25) is 9.59 Å². The highest BCUT2D eigenvalue weighted by atomic mass is 16.5. The van der Waals surface area contributed by atoms with Gasteiger partial charge >= 0.3 is 0 Å². The molecule has 4 rings (SSSR count). The number of fused-ring (bicyclic) bond motifs is 1. The smallest absolute Gasteiger partial charge is 0.263 e. The standard InChI is InChI=1S/C18H18N6O3/c25-17(21-7-13-6-5-12-3-1-2-4-15(12)27-13)14-8-20-16(23-18(14)26)9-24-11-19-10-22-24/h1-4,8,10-11,13H,5-7,9H2,(H,21,25)(H,20,23,26)/t13-/m1/s1. The molecule has 2 N–H and O–H groups in total. The van der Waals surface area contributed by atoms with Gasteiger partial charge in [0.15, 0.2) is 0 Å². The fourth-order valence-electron chi connectivity index (χ4n) is 2.97. The summed E-state index contributed by atoms with van der Waals surface area (Å²) in [5.74, 6) is 0.771. The van der Waals surface area contributed by atoms with E-state index in [0.29, 0.717) is 12.4 Å². The van der Waals surface area contributed by atoms with Crippen LogP contribution < -0.4 is 15.6 Å². The lowest BCUT2D eigenvalue weighted by Crippen LogP contribution is -2.39. The Morgan fingerprint density at radius 3 is 3.07 bits per heavy atom. The molecule has 138 valence electrons. The minimum atomic E-state index is -0.493. The van der Waals surface area contributed by atoms with Gasteiger partial charge in [-0.05, 0) is 24.5 Å². The largest absolute Gasteiger partial charge is 0.488 e. The summed E-state index contributed by atoms with van der Waals surface area (Å²) in [5, 5.41) is 6.70. The molecule has 27 heavy (non-hydrogen) atoms. The zero-order chi connectivity index (χ0) is 18.6. The molecular formula is C18H18N6O3. The first-order chi connectivity index (χ1) is 13.2. The van der Waals surface area contributed by atoms with Crippen molar-refractivity contribution in [3.63, 3.8) is 0 Å². The van der Waals surface area contributed by atoms with Crippen LogP contribution >= 0.6 is 0 Å². The van der Waals surface area contributed by atoms with E-state index in [1.807, 2.05) is 24.3 Å². The third kappa shape index (κ3) is 3.86. The van der Waals surface area contributed by atoms with Gasteiger partial charge in [0.25, 0.3) is 11.5 Å². The van der Waals surface area contributed by atoms with E-state index in [9.17, 15) is 9.59 Å². The van der Waals surface area contributed by atoms with Crippen molar-refractivity contribution < 1.29 is 9.53 Å². The molecule has 0 fully saturated rings. The molecule has 2 aromatic heterocycles. The van der Waals surface area contributed by atoms with Gasteiger partial charge in [-0.25, -0.2) is 14.6 Å². The average molecular weight is 366 g/mol. The molecule has 0 aliphatic carbocycles. The molecular weight excluding hydrogens is 348 g/mol. The predicted molar refractivity (Wildman–Crippen MR) is 95.5 cm³/mol. The Kier molecular flexibility index (Phi) is 4.65. The summed E-state index contributed by atoms with van der Waals surface area (Å²) in [7, 11) is 0. The number of aromatic amines is 1. The van der Waals surface area contributed by atoms with Crippen molar-refractivity contribution in [2.45, 2.75) is 25.5 Å². The second kappa shape index (κ2) is 7.40. The number of nitrogens with one attached hydrogen (secondary N) is 2. The van der Waals surface area contributed by atoms with Crippen LogP contribution in [0.1, 0.15) is 28.2 Å². The second-order valence-corrected chi connectivity index (χ2v) is 6.26. The van der Waals surface area contributed by atoms with Crippen molar-refractivity contribution in [3.05, 3.63) is 70.4 Å². The number of carbonyl (C=O) groups excluding carboxylic acids is 1. The molecule has 0 radical (unpaired) electrons. The van der Waals surface area contributed by atoms with Crippen LogP contribution in [0.2, 0.25) is 0 Å². The number of aromatic nitrogens is 5. The summed E-state index contributed by atoms with van der Waals surface area (Å²) < 4.78 is 7.42. The number of amides is 1. The fraction of sp³-hybridized carbons (Fsp3) is 0.278. The Labute approximate surface area is 154 Å². The number of rotatable bonds is 5. The van der Waals surface area contributed by atoms with E-state index in [2.05, 4.69) is 25.4 Å². The van der Waals surface area contributed by atoms with Crippen LogP contribution in [0.3, 0.4) is 0 Å². The molecule has 3 aromatic rings. The van der Waals surface area contributed by atoms with Gasteiger partial charge in [-0.1, -0.05) is 18.2 Å². The van der Waals surface area contributed by atoms with Gasteiger partial charge in [0, 0.05) is 6.20 Å². The molecule has 0 unspecified atom stereocenters. The summed E-state index contributed by atoms with van der Waals surface area (Å²) >= 11 is 0. The highest BCUT2D eigenvalue weighted by Gasteiger charge is 2.21. The number of ether oxygens (including phenoxy) is 1. The fourth-order valence-corrected chi connectivity index (χ4v) is 2.97. The maximum atomic E-state index is 12.3. The maximum Gasteiger partial charge on any atom is 0.263 e. The Hall–Kier alpha value is -3.49. The molecule has 9 heteroatoms. The molecule has 1 atom stereocenters. The Balaban J connectivity index is 1.36. The van der Waals surface area contributed by atoms with Gasteiger partial charge < -0.3 is 15.0 Å². The third-order valence-corrected chi connectivity index (χ3v) is 4.37. The van der Waals surface area contributed by atoms with Crippen LogP contribution in [0, 0.1) is 0 Å². The Morgan fingerprint density at radius 2 is 2.26 bits per heavy atom. The van der Waals surface area contributed by atoms with E-state index in [1.165, 1.54) is 29.1 Å². The van der Waals surface area contributed by atoms with Gasteiger partial charge in [0.1, 0.15) is 42.4 Å². The van der Waals surface area contributed by atoms with E-state index < -0.39 is 11.5 Å². The Morgan fingerprint density at radius 1 is 1.37 bits per heavy atom. The molecule has 0 bridgehead atoms. The van der Waals surface area contributed by atoms with Crippen LogP contribution in [0.4, 0.5) is 0 Å². The third-order valence-electron chi connectivity index (χ3n) is 4.37. The van der Waals surface area contributed by atoms with Crippen molar-refractivity contribution >= 4 is 5.91 Å². The molecule has 1 aromatic carbocycles. The van der Waals surface area contributed by atoms with Crippen molar-refractivity contribution in [1.29, 1.82) is 0 Å². The van der Waals surface area contributed by atoms with Gasteiger partial charge in [0.2, 0.25) is 0 Å². The number of para-hydroxylation sites is 1. The lowest BCUT2D eigenvalue weighted by Gasteiger charge is -2.26. The number of benzene rings is 1. The number of hydrogen-bond acceptors (Lipinski definition) is 6. The van der Waals surface area contributed by atoms with E-state index in [0.717, 1.165) is 18.6 Å². The molecule has 1 aliphatic heterocycles. The molecule has 0 saturated carbocycles. The van der Waals surface area contributed by atoms with Gasteiger partial charge in [0.05, 0.1) is 6.54 Å². The SMILES string of the molecule is O=C(NC[C@H]1CCc2ccccc2O1)c1cnc(Cn2cncn2)[nH]c1=O. The topological polar surface area (TPSA) is 115 Å². The first kappa shape index (κ1) is 17.0. The number of H-pyrrole nitrogens is 1. The van der Waals surface area contributed by atoms with E-state index >= 15 is 0 Å². The summed E-state index contributed by atoms with van der Waals surface area (Å²) in [5.41, 5.74) is 0.643. The molecule has 3 heterocycles. The van der Waals surface area contributed by atoms with Crippen LogP contribution in [0.5, 0.6) is 5.75 Å². The highest BCUT2D eigenvalue weighted by molar-refractivity contribution is 5.93. The van der Waals surface area contributed by atoms with Crippen molar-refractivity contribution in [3.8, 4) is 5.75 Å². The van der Waals surface area contributed by atoms with Crippen LogP contribution in [0.25, 0.3) is 0 Å². The average Bonchev–Trinajstić information content (AvgIpc) is 3.19. The number of nitrogens with zero attached hydrogens (tertiary/aromatic N) is 4. The minimum Gasteiger partial charge on any atom is -0.488 e. The summed E-state index contributed by atoms with van der Waals surface area (Å²) in [6, 6.07) is 7.87. The van der Waals surface area contributed by atoms with E-state index in [-0.39, 0.29) is 18.2 Å². The summed E-state index contributed by atoms with van der Waals surface area (Å²) in [6.45, 7) is 0.597. The normalized spacial score (nSPS) is 15.6. The first-order valence-corrected chi connectivity index (χ1v) is 8.62. The zero-order valence-electron chi connectivity index (χ0n) is 14.5. The summed E-state index contributed by atoms with van der Waals surface area (Å²) in [4.78, 5) is 35.1. The van der Waals surface area contributed by atoms with Crippen molar-refractivity contribution in [2.24, 2.45) is 0 Å². The zero-order valence-corrected chi connectivity index (χ0v) is 14.5. The van der Waals surface area contributed by atoms with E-state index in [4.69, 9.17) is 4.74 Å². The quantitative estimate of drug-likeness (QED) is 0.681. The van der Waals surface area contributed by atoms with E-state index in [1.54, 1.807) is 0 Å². The Bertz CT molecular complexity index is 998. The van der Waals surface area contributed by atoms with Gasteiger partial charge in [-0.2, -0.15) is 5.10 Å². The molecule has 0 saturated heterocycles. The minimum absolute atomic E-state index is 0.0338. The second-order valence-electron chi connectivity index (χ2n) is 6.26. The predicted octanol–water partition coefficient (Wildman–Crippen LogP) is 0.533. The maximum absolute atomic E-state index is 12.3.